The van der Waals surface area contributed by atoms with Crippen LogP contribution in [0.3, 0.4) is 0 Å². The Hall–Kier alpha value is -4.28. The second-order valence-electron chi connectivity index (χ2n) is 8.99. The Morgan fingerprint density at radius 2 is 1.88 bits per heavy atom. The molecule has 10 heteroatoms. The van der Waals surface area contributed by atoms with Crippen LogP contribution in [0.5, 0.6) is 11.5 Å². The average molecular weight is 618 g/mol. The highest BCUT2D eigenvalue weighted by Gasteiger charge is 2.15. The fourth-order valence-electron chi connectivity index (χ4n) is 4.02. The summed E-state index contributed by atoms with van der Waals surface area (Å²) in [6, 6.07) is 21.2. The molecular formula is C30H25BrN4O4S. The van der Waals surface area contributed by atoms with Gasteiger partial charge in [0.05, 0.1) is 25.0 Å². The molecular weight excluding hydrogens is 592 g/mol. The molecule has 5 aromatic rings. The Bertz CT molecular complexity index is 1750. The predicted octanol–water partition coefficient (Wildman–Crippen LogP) is 5.93. The number of rotatable bonds is 9. The van der Waals surface area contributed by atoms with Crippen molar-refractivity contribution < 1.29 is 14.3 Å². The number of ether oxygens (including phenoxy) is 2. The zero-order valence-corrected chi connectivity index (χ0v) is 24.2. The number of hydrogen-bond acceptors (Lipinski definition) is 7. The summed E-state index contributed by atoms with van der Waals surface area (Å²) in [6.45, 7) is 2.19. The lowest BCUT2D eigenvalue weighted by Gasteiger charge is -2.11. The number of thiophene rings is 1. The first-order valence-electron chi connectivity index (χ1n) is 12.3. The van der Waals surface area contributed by atoms with Crippen LogP contribution in [-0.4, -0.2) is 28.8 Å². The minimum atomic E-state index is -0.451. The lowest BCUT2D eigenvalue weighted by molar-refractivity contribution is -0.121. The molecule has 3 aromatic carbocycles. The number of carbonyl (C=O) groups is 1. The number of methoxy groups -OCH3 is 1. The maximum absolute atomic E-state index is 13.2. The van der Waals surface area contributed by atoms with Crippen LogP contribution >= 0.6 is 27.3 Å². The van der Waals surface area contributed by atoms with E-state index in [1.54, 1.807) is 25.3 Å². The van der Waals surface area contributed by atoms with Crippen LogP contribution in [0.2, 0.25) is 0 Å². The first kappa shape index (κ1) is 27.3. The molecule has 0 bridgehead atoms. The van der Waals surface area contributed by atoms with Crippen molar-refractivity contribution in [2.45, 2.75) is 20.1 Å². The summed E-state index contributed by atoms with van der Waals surface area (Å²) in [5, 5.41) is 6.46. The standard InChI is InChI=1S/C30H25BrN4O4S/c1-19-3-8-22(9-4-19)24-17-40-29-28(24)30(37)35(18-32-29)15-27(36)34-33-14-21-7-12-25(26(13-21)38-2)39-16-20-5-10-23(31)11-6-20/h3-14,17-18H,15-16H2,1-2H3,(H,34,36)/b33-14-. The van der Waals surface area contributed by atoms with Crippen LogP contribution < -0.4 is 20.5 Å². The topological polar surface area (TPSA) is 94.8 Å². The van der Waals surface area contributed by atoms with Gasteiger partial charge in [-0.15, -0.1) is 11.3 Å². The molecule has 2 heterocycles. The molecule has 0 radical (unpaired) electrons. The van der Waals surface area contributed by atoms with E-state index in [-0.39, 0.29) is 12.1 Å². The minimum Gasteiger partial charge on any atom is -0.493 e. The number of hydrazone groups is 1. The summed E-state index contributed by atoms with van der Waals surface area (Å²) in [4.78, 5) is 30.8. The van der Waals surface area contributed by atoms with Gasteiger partial charge in [0.15, 0.2) is 11.5 Å². The highest BCUT2D eigenvalue weighted by molar-refractivity contribution is 9.10. The summed E-state index contributed by atoms with van der Waals surface area (Å²) in [7, 11) is 1.56. The van der Waals surface area contributed by atoms with Crippen molar-refractivity contribution in [2.24, 2.45) is 5.10 Å². The highest BCUT2D eigenvalue weighted by atomic mass is 79.9. The molecule has 0 fully saturated rings. The third kappa shape index (κ3) is 6.30. The van der Waals surface area contributed by atoms with E-state index in [4.69, 9.17) is 9.47 Å². The molecule has 0 unspecified atom stereocenters. The summed E-state index contributed by atoms with van der Waals surface area (Å²) >= 11 is 4.83. The molecule has 0 aliphatic heterocycles. The van der Waals surface area contributed by atoms with Gasteiger partial charge in [0.1, 0.15) is 18.0 Å². The summed E-state index contributed by atoms with van der Waals surface area (Å²) in [5.74, 6) is 0.679. The van der Waals surface area contributed by atoms with Gasteiger partial charge < -0.3 is 9.47 Å². The number of carbonyl (C=O) groups excluding carboxylic acids is 1. The Morgan fingerprint density at radius 3 is 2.62 bits per heavy atom. The van der Waals surface area contributed by atoms with E-state index in [9.17, 15) is 9.59 Å². The van der Waals surface area contributed by atoms with Gasteiger partial charge in [0.2, 0.25) is 0 Å². The minimum absolute atomic E-state index is 0.214. The lowest BCUT2D eigenvalue weighted by atomic mass is 10.1. The van der Waals surface area contributed by atoms with Crippen molar-refractivity contribution >= 4 is 49.6 Å². The van der Waals surface area contributed by atoms with Gasteiger partial charge >= 0.3 is 0 Å². The van der Waals surface area contributed by atoms with Gasteiger partial charge in [-0.05, 0) is 53.9 Å². The molecule has 1 amide bonds. The SMILES string of the molecule is COc1cc(/C=N\NC(=O)Cn2cnc3scc(-c4ccc(C)cc4)c3c2=O)ccc1OCc1ccc(Br)cc1. The Balaban J connectivity index is 1.24. The summed E-state index contributed by atoms with van der Waals surface area (Å²) in [5.41, 5.74) is 6.81. The number of hydrogen-bond donors (Lipinski definition) is 1. The number of nitrogens with one attached hydrogen (secondary N) is 1. The van der Waals surface area contributed by atoms with Crippen LogP contribution in [0.25, 0.3) is 21.3 Å². The molecule has 5 rings (SSSR count). The van der Waals surface area contributed by atoms with Crippen molar-refractivity contribution in [2.75, 3.05) is 7.11 Å². The number of nitrogens with zero attached hydrogens (tertiary/aromatic N) is 3. The van der Waals surface area contributed by atoms with Gasteiger partial charge in [-0.2, -0.15) is 5.10 Å². The van der Waals surface area contributed by atoms with E-state index >= 15 is 0 Å². The quantitative estimate of drug-likeness (QED) is 0.163. The van der Waals surface area contributed by atoms with Crippen molar-refractivity contribution in [1.29, 1.82) is 0 Å². The number of benzene rings is 3. The Labute approximate surface area is 243 Å². The second-order valence-corrected chi connectivity index (χ2v) is 10.8. The third-order valence-corrected chi connectivity index (χ3v) is 7.55. The van der Waals surface area contributed by atoms with Crippen LogP contribution in [0, 0.1) is 6.92 Å². The van der Waals surface area contributed by atoms with E-state index < -0.39 is 5.91 Å². The van der Waals surface area contributed by atoms with Gasteiger partial charge in [0, 0.05) is 15.4 Å². The van der Waals surface area contributed by atoms with Crippen LogP contribution in [0.1, 0.15) is 16.7 Å². The van der Waals surface area contributed by atoms with Crippen molar-refractivity contribution in [1.82, 2.24) is 15.0 Å². The smallest absolute Gasteiger partial charge is 0.263 e. The largest absolute Gasteiger partial charge is 0.493 e. The van der Waals surface area contributed by atoms with Crippen molar-refractivity contribution in [3.05, 3.63) is 110 Å². The number of aromatic nitrogens is 2. The molecule has 40 heavy (non-hydrogen) atoms. The van der Waals surface area contributed by atoms with Gasteiger partial charge in [-0.3, -0.25) is 14.2 Å². The Morgan fingerprint density at radius 1 is 1.10 bits per heavy atom. The number of aryl methyl sites for hydroxylation is 1. The highest BCUT2D eigenvalue weighted by Crippen LogP contribution is 2.31. The monoisotopic (exact) mass is 616 g/mol. The average Bonchev–Trinajstić information content (AvgIpc) is 3.40. The molecule has 8 nitrogen and oxygen atoms in total. The van der Waals surface area contributed by atoms with Crippen molar-refractivity contribution in [3.8, 4) is 22.6 Å². The maximum atomic E-state index is 13.2. The first-order chi connectivity index (χ1) is 19.4. The molecule has 1 N–H and O–H groups in total. The molecule has 202 valence electrons. The molecule has 0 aliphatic rings. The summed E-state index contributed by atoms with van der Waals surface area (Å²) in [6.07, 6.45) is 2.89. The second kappa shape index (κ2) is 12.3. The molecule has 0 spiro atoms. The zero-order valence-electron chi connectivity index (χ0n) is 21.8. The van der Waals surface area contributed by atoms with E-state index in [1.165, 1.54) is 28.4 Å². The fourth-order valence-corrected chi connectivity index (χ4v) is 5.19. The lowest BCUT2D eigenvalue weighted by Crippen LogP contribution is -2.30. The maximum Gasteiger partial charge on any atom is 0.263 e. The molecule has 0 aliphatic carbocycles. The fraction of sp³-hybridized carbons (Fsp3) is 0.133. The summed E-state index contributed by atoms with van der Waals surface area (Å²) < 4.78 is 13.7. The van der Waals surface area contributed by atoms with Gasteiger partial charge in [-0.25, -0.2) is 10.4 Å². The number of amides is 1. The number of fused-ring (bicyclic) bond motifs is 1. The van der Waals surface area contributed by atoms with E-state index in [0.29, 0.717) is 33.9 Å². The zero-order chi connectivity index (χ0) is 28.1. The van der Waals surface area contributed by atoms with Crippen LogP contribution in [0.4, 0.5) is 0 Å². The molecule has 0 saturated carbocycles. The molecule has 0 atom stereocenters. The molecule has 0 saturated heterocycles. The number of halogens is 1. The predicted molar refractivity (Wildman–Crippen MR) is 161 cm³/mol. The third-order valence-electron chi connectivity index (χ3n) is 6.14. The normalized spacial score (nSPS) is 11.2. The van der Waals surface area contributed by atoms with Gasteiger partial charge in [-0.1, -0.05) is 57.9 Å². The van der Waals surface area contributed by atoms with E-state index in [1.807, 2.05) is 60.8 Å². The van der Waals surface area contributed by atoms with Crippen molar-refractivity contribution in [3.63, 3.8) is 0 Å². The van der Waals surface area contributed by atoms with E-state index in [2.05, 4.69) is 31.4 Å². The van der Waals surface area contributed by atoms with Crippen LogP contribution in [-0.2, 0) is 17.9 Å². The van der Waals surface area contributed by atoms with E-state index in [0.717, 1.165) is 26.7 Å². The first-order valence-corrected chi connectivity index (χ1v) is 14.0. The Kier molecular flexibility index (Phi) is 8.37. The van der Waals surface area contributed by atoms with Gasteiger partial charge in [0.25, 0.3) is 11.5 Å². The molecule has 2 aromatic heterocycles. The van der Waals surface area contributed by atoms with Crippen LogP contribution in [0.15, 0.2) is 92.8 Å².